The molecule has 120 valence electrons. The van der Waals surface area contributed by atoms with E-state index in [2.05, 4.69) is 10.6 Å². The third-order valence-electron chi connectivity index (χ3n) is 4.24. The van der Waals surface area contributed by atoms with Crippen LogP contribution in [0.4, 0.5) is 4.79 Å². The number of aliphatic carboxylic acids is 1. The molecule has 2 aliphatic rings. The minimum atomic E-state index is -3.07. The van der Waals surface area contributed by atoms with Gasteiger partial charge in [0.1, 0.15) is 6.04 Å². The fourth-order valence-corrected chi connectivity index (χ4v) is 4.80. The number of carbonyl (C=O) groups excluding carboxylic acids is 1. The highest BCUT2D eigenvalue weighted by Crippen LogP contribution is 2.26. The summed E-state index contributed by atoms with van der Waals surface area (Å²) >= 11 is 0. The van der Waals surface area contributed by atoms with Crippen LogP contribution in [0.1, 0.15) is 38.5 Å². The van der Waals surface area contributed by atoms with Crippen LogP contribution >= 0.6 is 0 Å². The maximum absolute atomic E-state index is 11.9. The molecule has 1 saturated heterocycles. The third-order valence-corrected chi connectivity index (χ3v) is 6.01. The van der Waals surface area contributed by atoms with E-state index in [-0.39, 0.29) is 17.4 Å². The largest absolute Gasteiger partial charge is 0.480 e. The molecular formula is C13H22N2O5S. The van der Waals surface area contributed by atoms with Crippen LogP contribution in [0.2, 0.25) is 0 Å². The maximum atomic E-state index is 11.9. The zero-order valence-electron chi connectivity index (χ0n) is 11.9. The van der Waals surface area contributed by atoms with Crippen molar-refractivity contribution in [3.63, 3.8) is 0 Å². The standard InChI is InChI=1S/C13H22N2O5S/c16-12(17)11(9-4-2-1-3-5-9)15-13(18)14-10-6-7-21(19,20)8-10/h9-11H,1-8H2,(H,16,17)(H2,14,15,18). The van der Waals surface area contributed by atoms with E-state index in [9.17, 15) is 23.1 Å². The number of carboxylic acids is 1. The van der Waals surface area contributed by atoms with Gasteiger partial charge in [-0.3, -0.25) is 0 Å². The van der Waals surface area contributed by atoms with Crippen LogP contribution in [0.15, 0.2) is 0 Å². The van der Waals surface area contributed by atoms with E-state index in [0.29, 0.717) is 6.42 Å². The molecule has 1 saturated carbocycles. The van der Waals surface area contributed by atoms with Crippen molar-refractivity contribution in [2.75, 3.05) is 11.5 Å². The van der Waals surface area contributed by atoms with Gasteiger partial charge in [-0.2, -0.15) is 0 Å². The predicted octanol–water partition coefficient (Wildman–Crippen LogP) is 0.506. The number of carbonyl (C=O) groups is 2. The summed E-state index contributed by atoms with van der Waals surface area (Å²) in [5.74, 6) is -1.07. The predicted molar refractivity (Wildman–Crippen MR) is 76.7 cm³/mol. The van der Waals surface area contributed by atoms with Crippen molar-refractivity contribution in [3.05, 3.63) is 0 Å². The summed E-state index contributed by atoms with van der Waals surface area (Å²) in [6.45, 7) is 0. The number of amides is 2. The lowest BCUT2D eigenvalue weighted by Gasteiger charge is -2.28. The second kappa shape index (κ2) is 6.64. The number of nitrogens with one attached hydrogen (secondary N) is 2. The topological polar surface area (TPSA) is 113 Å². The minimum absolute atomic E-state index is 0.0469. The smallest absolute Gasteiger partial charge is 0.326 e. The number of urea groups is 1. The van der Waals surface area contributed by atoms with Crippen molar-refractivity contribution in [1.82, 2.24) is 10.6 Å². The Morgan fingerprint density at radius 3 is 2.29 bits per heavy atom. The van der Waals surface area contributed by atoms with E-state index >= 15 is 0 Å². The molecule has 2 fully saturated rings. The molecule has 0 aromatic rings. The van der Waals surface area contributed by atoms with Gasteiger partial charge in [-0.05, 0) is 25.2 Å². The van der Waals surface area contributed by atoms with E-state index in [4.69, 9.17) is 0 Å². The van der Waals surface area contributed by atoms with Crippen molar-refractivity contribution in [2.45, 2.75) is 50.6 Å². The van der Waals surface area contributed by atoms with Crippen molar-refractivity contribution < 1.29 is 23.1 Å². The monoisotopic (exact) mass is 318 g/mol. The van der Waals surface area contributed by atoms with Crippen molar-refractivity contribution in [2.24, 2.45) is 5.92 Å². The first-order valence-corrected chi connectivity index (χ1v) is 9.20. The summed E-state index contributed by atoms with van der Waals surface area (Å²) in [4.78, 5) is 23.2. The second-order valence-corrected chi connectivity index (χ2v) is 8.16. The summed E-state index contributed by atoms with van der Waals surface area (Å²) in [5, 5.41) is 14.3. The Balaban J connectivity index is 1.88. The van der Waals surface area contributed by atoms with E-state index in [1.54, 1.807) is 0 Å². The van der Waals surface area contributed by atoms with E-state index in [1.807, 2.05) is 0 Å². The molecule has 0 aromatic heterocycles. The Morgan fingerprint density at radius 1 is 1.10 bits per heavy atom. The molecule has 0 aromatic carbocycles. The number of hydrogen-bond acceptors (Lipinski definition) is 4. The Hall–Kier alpha value is -1.31. The fourth-order valence-electron chi connectivity index (χ4n) is 3.13. The number of sulfone groups is 1. The highest BCUT2D eigenvalue weighted by molar-refractivity contribution is 7.91. The first-order valence-electron chi connectivity index (χ1n) is 7.37. The fraction of sp³-hybridized carbons (Fsp3) is 0.846. The molecule has 21 heavy (non-hydrogen) atoms. The Bertz CT molecular complexity index is 499. The normalized spacial score (nSPS) is 27.0. The number of hydrogen-bond donors (Lipinski definition) is 3. The highest BCUT2D eigenvalue weighted by Gasteiger charge is 2.33. The summed E-state index contributed by atoms with van der Waals surface area (Å²) in [5.41, 5.74) is 0. The van der Waals surface area contributed by atoms with Gasteiger partial charge in [-0.1, -0.05) is 19.3 Å². The molecule has 3 N–H and O–H groups in total. The van der Waals surface area contributed by atoms with E-state index in [0.717, 1.165) is 32.1 Å². The van der Waals surface area contributed by atoms with Gasteiger partial charge in [0.25, 0.3) is 0 Å². The van der Waals surface area contributed by atoms with Crippen LogP contribution in [-0.2, 0) is 14.6 Å². The molecule has 7 nitrogen and oxygen atoms in total. The van der Waals surface area contributed by atoms with Gasteiger partial charge in [0, 0.05) is 6.04 Å². The van der Waals surface area contributed by atoms with Gasteiger partial charge in [-0.25, -0.2) is 18.0 Å². The van der Waals surface area contributed by atoms with Crippen LogP contribution in [-0.4, -0.2) is 49.1 Å². The molecule has 2 amide bonds. The molecule has 2 unspecified atom stereocenters. The Labute approximate surface area is 124 Å². The van der Waals surface area contributed by atoms with E-state index in [1.165, 1.54) is 0 Å². The second-order valence-electron chi connectivity index (χ2n) is 5.93. The van der Waals surface area contributed by atoms with Gasteiger partial charge in [0.15, 0.2) is 9.84 Å². The average molecular weight is 318 g/mol. The van der Waals surface area contributed by atoms with Crippen LogP contribution in [0.25, 0.3) is 0 Å². The van der Waals surface area contributed by atoms with Crippen molar-refractivity contribution in [3.8, 4) is 0 Å². The zero-order chi connectivity index (χ0) is 15.5. The van der Waals surface area contributed by atoms with Crippen molar-refractivity contribution >= 4 is 21.8 Å². The summed E-state index contributed by atoms with van der Waals surface area (Å²) in [7, 11) is -3.07. The minimum Gasteiger partial charge on any atom is -0.480 e. The van der Waals surface area contributed by atoms with E-state index < -0.39 is 33.9 Å². The van der Waals surface area contributed by atoms with Gasteiger partial charge in [-0.15, -0.1) is 0 Å². The number of rotatable bonds is 4. The van der Waals surface area contributed by atoms with Crippen LogP contribution < -0.4 is 10.6 Å². The summed E-state index contributed by atoms with van der Waals surface area (Å²) in [6, 6.07) is -1.91. The van der Waals surface area contributed by atoms with Crippen LogP contribution in [0.5, 0.6) is 0 Å². The van der Waals surface area contributed by atoms with Crippen LogP contribution in [0, 0.1) is 5.92 Å². The van der Waals surface area contributed by atoms with Gasteiger partial charge < -0.3 is 15.7 Å². The lowest BCUT2D eigenvalue weighted by molar-refractivity contribution is -0.141. The third kappa shape index (κ3) is 4.59. The lowest BCUT2D eigenvalue weighted by atomic mass is 9.84. The first kappa shape index (κ1) is 16.1. The Kier molecular flexibility index (Phi) is 5.08. The number of carboxylic acid groups (broad SMARTS) is 1. The maximum Gasteiger partial charge on any atom is 0.326 e. The van der Waals surface area contributed by atoms with Crippen molar-refractivity contribution in [1.29, 1.82) is 0 Å². The molecule has 1 aliphatic heterocycles. The molecule has 1 heterocycles. The molecule has 0 radical (unpaired) electrons. The first-order chi connectivity index (χ1) is 9.87. The van der Waals surface area contributed by atoms with Crippen LogP contribution in [0.3, 0.4) is 0 Å². The average Bonchev–Trinajstić information content (AvgIpc) is 2.76. The van der Waals surface area contributed by atoms with Gasteiger partial charge in [0.2, 0.25) is 0 Å². The highest BCUT2D eigenvalue weighted by atomic mass is 32.2. The molecule has 0 spiro atoms. The molecule has 8 heteroatoms. The van der Waals surface area contributed by atoms with Gasteiger partial charge in [0.05, 0.1) is 11.5 Å². The Morgan fingerprint density at radius 2 is 1.76 bits per heavy atom. The molecule has 2 rings (SSSR count). The molecule has 2 atom stereocenters. The zero-order valence-corrected chi connectivity index (χ0v) is 12.7. The summed E-state index contributed by atoms with van der Waals surface area (Å²) < 4.78 is 22.7. The SMILES string of the molecule is O=C(NC1CCS(=O)(=O)C1)NC(C(=O)O)C1CCCCC1. The molecule has 1 aliphatic carbocycles. The molecular weight excluding hydrogens is 296 g/mol. The van der Waals surface area contributed by atoms with Gasteiger partial charge >= 0.3 is 12.0 Å². The molecule has 0 bridgehead atoms. The quantitative estimate of drug-likeness (QED) is 0.699. The summed E-state index contributed by atoms with van der Waals surface area (Å²) in [6.07, 6.45) is 5.06. The lowest BCUT2D eigenvalue weighted by Crippen LogP contribution is -2.52.